The first-order valence-electron chi connectivity index (χ1n) is 12.8. The van der Waals surface area contributed by atoms with Crippen LogP contribution in [0.2, 0.25) is 0 Å². The van der Waals surface area contributed by atoms with Crippen molar-refractivity contribution >= 4 is 40.2 Å². The summed E-state index contributed by atoms with van der Waals surface area (Å²) in [6.45, 7) is 13.1. The molecule has 1 aliphatic rings. The summed E-state index contributed by atoms with van der Waals surface area (Å²) in [6, 6.07) is 4.26. The molecule has 4 rings (SSSR count). The molecule has 1 fully saturated rings. The van der Waals surface area contributed by atoms with Gasteiger partial charge in [0.2, 0.25) is 5.95 Å². The van der Waals surface area contributed by atoms with Gasteiger partial charge in [0.25, 0.3) is 5.91 Å². The SMILES string of the molecule is CC(C)N1CCN(c2ncc3ncnc(Nc4cc(C(=O)NC(=N)/C=C(\O)C(C)(C)C)ccc4F)c3n2)CC1. The topological polar surface area (TPSA) is 143 Å². The first-order chi connectivity index (χ1) is 18.4. The zero-order valence-corrected chi connectivity index (χ0v) is 22.8. The first kappa shape index (κ1) is 27.8. The van der Waals surface area contributed by atoms with Crippen LogP contribution >= 0.6 is 0 Å². The van der Waals surface area contributed by atoms with Gasteiger partial charge >= 0.3 is 0 Å². The van der Waals surface area contributed by atoms with Gasteiger partial charge in [-0.3, -0.25) is 15.1 Å². The summed E-state index contributed by atoms with van der Waals surface area (Å²) < 4.78 is 14.8. The Morgan fingerprint density at radius 2 is 1.87 bits per heavy atom. The molecule has 12 heteroatoms. The highest BCUT2D eigenvalue weighted by Crippen LogP contribution is 2.26. The number of carbonyl (C=O) groups excluding carboxylic acids is 1. The molecule has 206 valence electrons. The molecular weight excluding hydrogens is 501 g/mol. The van der Waals surface area contributed by atoms with E-state index in [9.17, 15) is 14.3 Å². The van der Waals surface area contributed by atoms with Crippen LogP contribution in [0.5, 0.6) is 0 Å². The predicted octanol–water partition coefficient (Wildman–Crippen LogP) is 4.03. The molecule has 3 aromatic rings. The third kappa shape index (κ3) is 6.63. The lowest BCUT2D eigenvalue weighted by Gasteiger charge is -2.36. The Morgan fingerprint density at radius 1 is 1.15 bits per heavy atom. The van der Waals surface area contributed by atoms with Crippen LogP contribution in [0.1, 0.15) is 45.0 Å². The number of nitrogens with one attached hydrogen (secondary N) is 3. The number of carbonyl (C=O) groups is 1. The maximum absolute atomic E-state index is 14.8. The second-order valence-corrected chi connectivity index (χ2v) is 10.7. The molecule has 0 spiro atoms. The molecule has 1 aliphatic heterocycles. The highest BCUT2D eigenvalue weighted by Gasteiger charge is 2.22. The average molecular weight is 536 g/mol. The van der Waals surface area contributed by atoms with E-state index in [1.54, 1.807) is 27.0 Å². The average Bonchev–Trinajstić information content (AvgIpc) is 2.89. The summed E-state index contributed by atoms with van der Waals surface area (Å²) in [5.74, 6) is -0.745. The molecule has 0 radical (unpaired) electrons. The van der Waals surface area contributed by atoms with E-state index in [2.05, 4.69) is 54.2 Å². The van der Waals surface area contributed by atoms with Crippen molar-refractivity contribution in [1.82, 2.24) is 30.2 Å². The number of amides is 1. The molecule has 3 heterocycles. The Balaban J connectivity index is 1.55. The first-order valence-corrected chi connectivity index (χ1v) is 12.8. The number of aliphatic hydroxyl groups excluding tert-OH is 1. The Kier molecular flexibility index (Phi) is 8.05. The van der Waals surface area contributed by atoms with Gasteiger partial charge in [-0.1, -0.05) is 20.8 Å². The molecule has 1 saturated heterocycles. The quantitative estimate of drug-likeness (QED) is 0.209. The summed E-state index contributed by atoms with van der Waals surface area (Å²) >= 11 is 0. The smallest absolute Gasteiger partial charge is 0.256 e. The lowest BCUT2D eigenvalue weighted by Crippen LogP contribution is -2.49. The summed E-state index contributed by atoms with van der Waals surface area (Å²) in [5.41, 5.74) is 0.464. The van der Waals surface area contributed by atoms with Crippen molar-refractivity contribution in [2.45, 2.75) is 40.7 Å². The number of anilines is 3. The largest absolute Gasteiger partial charge is 0.512 e. The van der Waals surface area contributed by atoms with Gasteiger partial charge in [-0.2, -0.15) is 0 Å². The fraction of sp³-hybridized carbons (Fsp3) is 0.407. The summed E-state index contributed by atoms with van der Waals surface area (Å²) in [5, 5.41) is 23.4. The lowest BCUT2D eigenvalue weighted by molar-refractivity contribution is 0.0977. The van der Waals surface area contributed by atoms with Gasteiger partial charge in [0.15, 0.2) is 5.82 Å². The van der Waals surface area contributed by atoms with E-state index in [4.69, 9.17) is 5.41 Å². The van der Waals surface area contributed by atoms with Gasteiger partial charge < -0.3 is 20.6 Å². The summed E-state index contributed by atoms with van der Waals surface area (Å²) in [7, 11) is 0. The van der Waals surface area contributed by atoms with Crippen LogP contribution in [0, 0.1) is 16.6 Å². The molecule has 0 aliphatic carbocycles. The number of halogens is 1. The van der Waals surface area contributed by atoms with Crippen molar-refractivity contribution in [3.8, 4) is 0 Å². The fourth-order valence-electron chi connectivity index (χ4n) is 4.00. The van der Waals surface area contributed by atoms with Crippen LogP contribution in [-0.2, 0) is 0 Å². The number of fused-ring (bicyclic) bond motifs is 1. The molecular formula is C27H34FN9O2. The fourth-order valence-corrected chi connectivity index (χ4v) is 4.00. The minimum absolute atomic E-state index is 0.00738. The Bertz CT molecular complexity index is 1410. The molecule has 1 aromatic carbocycles. The van der Waals surface area contributed by atoms with E-state index >= 15 is 0 Å². The monoisotopic (exact) mass is 535 g/mol. The van der Waals surface area contributed by atoms with Crippen molar-refractivity contribution in [3.63, 3.8) is 0 Å². The molecule has 4 N–H and O–H groups in total. The molecule has 0 bridgehead atoms. The van der Waals surface area contributed by atoms with Crippen molar-refractivity contribution in [2.24, 2.45) is 5.41 Å². The number of aliphatic hydroxyl groups is 1. The van der Waals surface area contributed by atoms with Gasteiger partial charge in [0.05, 0.1) is 11.9 Å². The molecule has 39 heavy (non-hydrogen) atoms. The minimum Gasteiger partial charge on any atom is -0.512 e. The maximum Gasteiger partial charge on any atom is 0.256 e. The zero-order valence-electron chi connectivity index (χ0n) is 22.8. The highest BCUT2D eigenvalue weighted by molar-refractivity contribution is 6.09. The van der Waals surface area contributed by atoms with Crippen LogP contribution in [0.25, 0.3) is 11.0 Å². The third-order valence-electron chi connectivity index (χ3n) is 6.47. The number of hydrogen-bond acceptors (Lipinski definition) is 10. The van der Waals surface area contributed by atoms with Crippen LogP contribution in [0.3, 0.4) is 0 Å². The van der Waals surface area contributed by atoms with Gasteiger partial charge in [-0.05, 0) is 32.0 Å². The van der Waals surface area contributed by atoms with Crippen molar-refractivity contribution in [2.75, 3.05) is 36.4 Å². The number of allylic oxidation sites excluding steroid dienone is 1. The molecule has 0 atom stereocenters. The van der Waals surface area contributed by atoms with Gasteiger partial charge in [0.1, 0.15) is 34.8 Å². The van der Waals surface area contributed by atoms with E-state index in [1.165, 1.54) is 24.5 Å². The molecule has 0 saturated carbocycles. The molecule has 0 unspecified atom stereocenters. The van der Waals surface area contributed by atoms with E-state index in [0.717, 1.165) is 32.2 Å². The summed E-state index contributed by atoms with van der Waals surface area (Å²) in [6.07, 6.45) is 4.12. The molecule has 11 nitrogen and oxygen atoms in total. The Morgan fingerprint density at radius 3 is 2.54 bits per heavy atom. The second kappa shape index (κ2) is 11.3. The number of amidine groups is 1. The lowest BCUT2D eigenvalue weighted by atomic mass is 9.93. The van der Waals surface area contributed by atoms with E-state index in [-0.39, 0.29) is 28.7 Å². The Labute approximate surface area is 226 Å². The predicted molar refractivity (Wildman–Crippen MR) is 149 cm³/mol. The zero-order chi connectivity index (χ0) is 28.3. The standard InChI is InChI=1S/C27H34FN9O2/c1-16(2)36-8-10-37(11-9-36)26-30-14-20-23(35-26)24(32-15-31-20)33-19-12-17(6-7-18(19)28)25(39)34-22(29)13-21(38)27(3,4)5/h6-7,12-16,38H,8-11H2,1-5H3,(H2,29,34,39)(H,31,32,33)/b21-13-. The number of piperazine rings is 1. The van der Waals surface area contributed by atoms with Crippen molar-refractivity contribution < 1.29 is 14.3 Å². The molecule has 1 amide bonds. The number of aromatic nitrogens is 4. The van der Waals surface area contributed by atoms with Crippen LogP contribution < -0.4 is 15.5 Å². The minimum atomic E-state index is -0.626. The van der Waals surface area contributed by atoms with E-state index < -0.39 is 17.1 Å². The van der Waals surface area contributed by atoms with Gasteiger partial charge in [-0.25, -0.2) is 24.3 Å². The number of benzene rings is 1. The number of hydrogen-bond donors (Lipinski definition) is 4. The van der Waals surface area contributed by atoms with Gasteiger partial charge in [-0.15, -0.1) is 0 Å². The van der Waals surface area contributed by atoms with Gasteiger partial charge in [0, 0.05) is 49.3 Å². The third-order valence-corrected chi connectivity index (χ3v) is 6.47. The van der Waals surface area contributed by atoms with Crippen molar-refractivity contribution in [3.05, 3.63) is 53.9 Å². The van der Waals surface area contributed by atoms with Crippen LogP contribution in [-0.4, -0.2) is 73.9 Å². The Hall–Kier alpha value is -4.19. The normalized spacial score (nSPS) is 15.1. The van der Waals surface area contributed by atoms with E-state index in [1.807, 2.05) is 0 Å². The maximum atomic E-state index is 14.8. The summed E-state index contributed by atoms with van der Waals surface area (Å²) in [4.78, 5) is 34.9. The number of nitrogens with zero attached hydrogens (tertiary/aromatic N) is 6. The second-order valence-electron chi connectivity index (χ2n) is 10.7. The van der Waals surface area contributed by atoms with Crippen LogP contribution in [0.4, 0.5) is 21.8 Å². The number of rotatable bonds is 6. The van der Waals surface area contributed by atoms with E-state index in [0.29, 0.717) is 23.0 Å². The van der Waals surface area contributed by atoms with Crippen molar-refractivity contribution in [1.29, 1.82) is 5.41 Å². The molecule has 2 aromatic heterocycles. The highest BCUT2D eigenvalue weighted by atomic mass is 19.1. The van der Waals surface area contributed by atoms with Crippen LogP contribution in [0.15, 0.2) is 42.6 Å².